The van der Waals surface area contributed by atoms with E-state index in [9.17, 15) is 5.11 Å². The molecule has 0 aliphatic carbocycles. The standard InChI is InChI=1S/C19H15ClN2O2S2/c1-24-14-7-5-13(6-8-14)21-19(25)17(22-11-3-2-4-12-22)18(23)15-9-10-16(20)26-15/h2-12H,1H3,(H-,21,23,25). The van der Waals surface area contributed by atoms with Crippen molar-refractivity contribution in [2.45, 2.75) is 0 Å². The van der Waals surface area contributed by atoms with Gasteiger partial charge in [0.2, 0.25) is 5.70 Å². The molecule has 3 aromatic rings. The molecule has 2 heterocycles. The van der Waals surface area contributed by atoms with Crippen LogP contribution in [-0.4, -0.2) is 12.1 Å². The lowest BCUT2D eigenvalue weighted by Crippen LogP contribution is -2.39. The van der Waals surface area contributed by atoms with Crippen molar-refractivity contribution in [1.29, 1.82) is 0 Å². The first kappa shape index (κ1) is 18.4. The minimum atomic E-state index is -0.191. The normalized spacial score (nSPS) is 11.6. The first-order valence-electron chi connectivity index (χ1n) is 7.67. The lowest BCUT2D eigenvalue weighted by molar-refractivity contribution is -0.577. The predicted octanol–water partition coefficient (Wildman–Crippen LogP) is 3.82. The van der Waals surface area contributed by atoms with Gasteiger partial charge in [0.1, 0.15) is 5.75 Å². The third-order valence-electron chi connectivity index (χ3n) is 3.55. The van der Waals surface area contributed by atoms with E-state index < -0.39 is 0 Å². The minimum absolute atomic E-state index is 0.191. The molecule has 1 N–H and O–H groups in total. The Morgan fingerprint density at radius 3 is 2.38 bits per heavy atom. The number of nitrogens with zero attached hydrogens (tertiary/aromatic N) is 1. The number of hydrogen-bond acceptors (Lipinski definition) is 4. The lowest BCUT2D eigenvalue weighted by Gasteiger charge is -2.15. The quantitative estimate of drug-likeness (QED) is 0.305. The fraction of sp³-hybridized carbons (Fsp3) is 0.0526. The Morgan fingerprint density at radius 1 is 1.12 bits per heavy atom. The third kappa shape index (κ3) is 4.22. The average Bonchev–Trinajstić information content (AvgIpc) is 3.10. The zero-order valence-corrected chi connectivity index (χ0v) is 16.2. The van der Waals surface area contributed by atoms with Crippen LogP contribution in [0.3, 0.4) is 0 Å². The van der Waals surface area contributed by atoms with E-state index in [4.69, 9.17) is 28.6 Å². The molecule has 132 valence electrons. The molecule has 7 heteroatoms. The minimum Gasteiger partial charge on any atom is -0.867 e. The summed E-state index contributed by atoms with van der Waals surface area (Å²) in [6.07, 6.45) is 3.56. The molecule has 0 bridgehead atoms. The van der Waals surface area contributed by atoms with Gasteiger partial charge in [-0.05, 0) is 42.2 Å². The number of pyridine rings is 1. The highest BCUT2D eigenvalue weighted by Crippen LogP contribution is 2.27. The van der Waals surface area contributed by atoms with Gasteiger partial charge in [-0.2, -0.15) is 4.57 Å². The van der Waals surface area contributed by atoms with E-state index in [0.717, 1.165) is 11.4 Å². The van der Waals surface area contributed by atoms with Crippen LogP contribution in [0, 0.1) is 0 Å². The second-order valence-corrected chi connectivity index (χ2v) is 7.37. The van der Waals surface area contributed by atoms with Crippen molar-refractivity contribution >= 4 is 57.3 Å². The van der Waals surface area contributed by atoms with E-state index in [1.807, 2.05) is 42.5 Å². The summed E-state index contributed by atoms with van der Waals surface area (Å²) in [6.45, 7) is 0. The van der Waals surface area contributed by atoms with E-state index in [1.54, 1.807) is 36.2 Å². The maximum Gasteiger partial charge on any atom is 0.239 e. The van der Waals surface area contributed by atoms with Crippen LogP contribution < -0.4 is 19.7 Å². The van der Waals surface area contributed by atoms with E-state index >= 15 is 0 Å². The summed E-state index contributed by atoms with van der Waals surface area (Å²) < 4.78 is 7.41. The molecule has 0 spiro atoms. The largest absolute Gasteiger partial charge is 0.867 e. The number of aromatic nitrogens is 1. The number of nitrogens with one attached hydrogen (secondary N) is 1. The third-order valence-corrected chi connectivity index (χ3v) is 5.07. The maximum atomic E-state index is 13.0. The van der Waals surface area contributed by atoms with E-state index in [0.29, 0.717) is 19.9 Å². The number of thiocarbonyl (C=S) groups is 1. The number of methoxy groups -OCH3 is 1. The Bertz CT molecular complexity index is 938. The zero-order valence-electron chi connectivity index (χ0n) is 13.8. The first-order chi connectivity index (χ1) is 12.6. The van der Waals surface area contributed by atoms with Crippen LogP contribution in [0.1, 0.15) is 4.88 Å². The highest BCUT2D eigenvalue weighted by molar-refractivity contribution is 7.81. The Hall–Kier alpha value is -2.41. The van der Waals surface area contributed by atoms with Gasteiger partial charge in [0.25, 0.3) is 0 Å². The van der Waals surface area contributed by atoms with Crippen molar-refractivity contribution in [2.24, 2.45) is 0 Å². The van der Waals surface area contributed by atoms with E-state index in [2.05, 4.69) is 5.32 Å². The zero-order chi connectivity index (χ0) is 18.5. The molecular formula is C19H15ClN2O2S2. The molecule has 0 aliphatic heterocycles. The summed E-state index contributed by atoms with van der Waals surface area (Å²) in [5, 5.41) is 16.2. The highest BCUT2D eigenvalue weighted by atomic mass is 35.5. The monoisotopic (exact) mass is 402 g/mol. The van der Waals surface area contributed by atoms with Crippen LogP contribution in [0.5, 0.6) is 5.75 Å². The molecule has 0 amide bonds. The van der Waals surface area contributed by atoms with Gasteiger partial charge < -0.3 is 15.2 Å². The van der Waals surface area contributed by atoms with E-state index in [-0.39, 0.29) is 5.76 Å². The second kappa shape index (κ2) is 8.31. The predicted molar refractivity (Wildman–Crippen MR) is 108 cm³/mol. The molecule has 3 rings (SSSR count). The topological polar surface area (TPSA) is 48.2 Å². The number of thiophene rings is 1. The SMILES string of the molecule is COc1ccc(NC(=S)/C(=C(\[O-])c2ccc(Cl)s2)[n+]2ccccc2)cc1. The van der Waals surface area contributed by atoms with Crippen molar-refractivity contribution in [3.8, 4) is 5.75 Å². The van der Waals surface area contributed by atoms with Gasteiger partial charge in [-0.25, -0.2) is 0 Å². The molecule has 0 unspecified atom stereocenters. The fourth-order valence-corrected chi connectivity index (χ4v) is 3.60. The van der Waals surface area contributed by atoms with Gasteiger partial charge in [0, 0.05) is 22.7 Å². The Kier molecular flexibility index (Phi) is 5.88. The van der Waals surface area contributed by atoms with Crippen LogP contribution >= 0.6 is 35.2 Å². The molecule has 26 heavy (non-hydrogen) atoms. The van der Waals surface area contributed by atoms with Gasteiger partial charge in [0.15, 0.2) is 17.4 Å². The van der Waals surface area contributed by atoms with E-state index in [1.165, 1.54) is 11.3 Å². The second-order valence-electron chi connectivity index (χ2n) is 5.25. The van der Waals surface area contributed by atoms with Crippen molar-refractivity contribution in [3.63, 3.8) is 0 Å². The molecular weight excluding hydrogens is 388 g/mol. The van der Waals surface area contributed by atoms with Crippen LogP contribution in [0.25, 0.3) is 11.5 Å². The maximum absolute atomic E-state index is 13.0. The molecule has 4 nitrogen and oxygen atoms in total. The molecule has 0 saturated heterocycles. The summed E-state index contributed by atoms with van der Waals surface area (Å²) in [7, 11) is 1.61. The smallest absolute Gasteiger partial charge is 0.239 e. The van der Waals surface area contributed by atoms with Gasteiger partial charge in [-0.15, -0.1) is 11.3 Å². The van der Waals surface area contributed by atoms with Crippen LogP contribution in [0.15, 0.2) is 67.0 Å². The number of anilines is 1. The Balaban J connectivity index is 1.98. The first-order valence-corrected chi connectivity index (χ1v) is 9.28. The summed E-state index contributed by atoms with van der Waals surface area (Å²) in [5.74, 6) is 0.552. The molecule has 0 atom stereocenters. The average molecular weight is 403 g/mol. The van der Waals surface area contributed by atoms with Crippen LogP contribution in [-0.2, 0) is 0 Å². The van der Waals surface area contributed by atoms with Gasteiger partial charge in [-0.3, -0.25) is 0 Å². The Labute approximate surface area is 166 Å². The number of benzene rings is 1. The lowest BCUT2D eigenvalue weighted by atomic mass is 10.2. The molecule has 0 aliphatic rings. The van der Waals surface area contributed by atoms with Gasteiger partial charge in [0.05, 0.1) is 11.4 Å². The fourth-order valence-electron chi connectivity index (χ4n) is 2.30. The van der Waals surface area contributed by atoms with Crippen LogP contribution in [0.4, 0.5) is 5.69 Å². The van der Waals surface area contributed by atoms with Crippen molar-refractivity contribution in [2.75, 3.05) is 12.4 Å². The van der Waals surface area contributed by atoms with Gasteiger partial charge in [-0.1, -0.05) is 29.9 Å². The molecule has 1 aromatic carbocycles. The summed E-state index contributed by atoms with van der Waals surface area (Å²) in [5.41, 5.74) is 1.12. The molecule has 2 aromatic heterocycles. The summed E-state index contributed by atoms with van der Waals surface area (Å²) in [6, 6.07) is 16.3. The molecule has 0 fully saturated rings. The molecule has 0 saturated carbocycles. The Morgan fingerprint density at radius 2 is 1.81 bits per heavy atom. The number of halogens is 1. The van der Waals surface area contributed by atoms with Gasteiger partial charge >= 0.3 is 0 Å². The number of hydrogen-bond donors (Lipinski definition) is 1. The highest BCUT2D eigenvalue weighted by Gasteiger charge is 2.19. The molecule has 0 radical (unpaired) electrons. The summed E-state index contributed by atoms with van der Waals surface area (Å²) >= 11 is 12.7. The number of rotatable bonds is 5. The van der Waals surface area contributed by atoms with Crippen LogP contribution in [0.2, 0.25) is 4.34 Å². The summed E-state index contributed by atoms with van der Waals surface area (Å²) in [4.78, 5) is 0.848. The van der Waals surface area contributed by atoms with Crippen molar-refractivity contribution in [1.82, 2.24) is 0 Å². The van der Waals surface area contributed by atoms with Crippen molar-refractivity contribution in [3.05, 3.63) is 76.2 Å². The van der Waals surface area contributed by atoms with Crippen molar-refractivity contribution < 1.29 is 14.4 Å². The number of ether oxygens (including phenoxy) is 1.